The van der Waals surface area contributed by atoms with E-state index in [0.717, 1.165) is 0 Å². The summed E-state index contributed by atoms with van der Waals surface area (Å²) in [6.45, 7) is 0. The summed E-state index contributed by atoms with van der Waals surface area (Å²) in [4.78, 5) is 0. The van der Waals surface area contributed by atoms with Gasteiger partial charge in [0, 0.05) is 0 Å². The Kier molecular flexibility index (Phi) is 1.22. The van der Waals surface area contributed by atoms with Gasteiger partial charge >= 0.3 is 65.1 Å². The van der Waals surface area contributed by atoms with Gasteiger partial charge in [0.15, 0.2) is 0 Å². The van der Waals surface area contributed by atoms with Gasteiger partial charge in [-0.05, 0) is 0 Å². The predicted octanol–water partition coefficient (Wildman–Crippen LogP) is 0.126. The molecule has 0 aromatic heterocycles. The molecule has 0 spiro atoms. The van der Waals surface area contributed by atoms with Gasteiger partial charge in [-0.3, -0.25) is 0 Å². The fourth-order valence-corrected chi connectivity index (χ4v) is 3.18. The SMILES string of the molecule is O=[Se]1(=O)N=Cc2ccccc21. The fraction of sp³-hybridized carbons (Fsp3) is 0. The van der Waals surface area contributed by atoms with Gasteiger partial charge in [-0.25, -0.2) is 0 Å². The first-order valence-electron chi connectivity index (χ1n) is 3.09. The first-order valence-corrected chi connectivity index (χ1v) is 6.12. The standard InChI is InChI=1S/C7H5NO2Se/c9-11(10)7-4-2-1-3-6(7)5-8-11/h1-5H. The molecule has 56 valence electrons. The van der Waals surface area contributed by atoms with Crippen LogP contribution in [-0.2, 0) is 7.67 Å². The normalized spacial score (nSPS) is 18.2. The van der Waals surface area contributed by atoms with Crippen molar-refractivity contribution < 1.29 is 7.67 Å². The molecule has 1 heterocycles. The van der Waals surface area contributed by atoms with Gasteiger partial charge in [0.25, 0.3) is 0 Å². The molecule has 0 bridgehead atoms. The third-order valence-corrected chi connectivity index (χ3v) is 4.28. The average Bonchev–Trinajstić information content (AvgIpc) is 2.29. The summed E-state index contributed by atoms with van der Waals surface area (Å²) in [7, 11) is 0. The molecule has 0 N–H and O–H groups in total. The second-order valence-electron chi connectivity index (χ2n) is 2.25. The summed E-state index contributed by atoms with van der Waals surface area (Å²) < 4.78 is 26.1. The summed E-state index contributed by atoms with van der Waals surface area (Å²) >= 11 is -4.06. The third kappa shape index (κ3) is 0.914. The molecular formula is C7H5NO2Se. The average molecular weight is 214 g/mol. The Balaban J connectivity index is 2.84. The zero-order valence-electron chi connectivity index (χ0n) is 5.56. The molecule has 0 aliphatic carbocycles. The van der Waals surface area contributed by atoms with Crippen LogP contribution in [0.1, 0.15) is 5.56 Å². The number of fused-ring (bicyclic) bond motifs is 1. The summed E-state index contributed by atoms with van der Waals surface area (Å²) in [5.41, 5.74) is 0.706. The molecule has 1 aromatic rings. The molecule has 1 aliphatic heterocycles. The van der Waals surface area contributed by atoms with Crippen LogP contribution in [0.5, 0.6) is 0 Å². The van der Waals surface area contributed by atoms with Crippen LogP contribution in [0.15, 0.2) is 28.3 Å². The minimum atomic E-state index is -4.06. The van der Waals surface area contributed by atoms with E-state index in [0.29, 0.717) is 10.0 Å². The fourth-order valence-electron chi connectivity index (χ4n) is 1.01. The van der Waals surface area contributed by atoms with Gasteiger partial charge in [-0.1, -0.05) is 0 Å². The Labute approximate surface area is 65.6 Å². The van der Waals surface area contributed by atoms with E-state index in [1.807, 2.05) is 0 Å². The number of nitrogens with zero attached hydrogens (tertiary/aromatic N) is 1. The van der Waals surface area contributed by atoms with Crippen LogP contribution in [0.2, 0.25) is 0 Å². The van der Waals surface area contributed by atoms with E-state index in [4.69, 9.17) is 0 Å². The molecule has 0 fully saturated rings. The van der Waals surface area contributed by atoms with Crippen molar-refractivity contribution >= 4 is 23.6 Å². The first-order chi connectivity index (χ1) is 5.20. The zero-order valence-corrected chi connectivity index (χ0v) is 7.27. The summed E-state index contributed by atoms with van der Waals surface area (Å²) in [6, 6.07) is 6.83. The third-order valence-electron chi connectivity index (χ3n) is 1.53. The van der Waals surface area contributed by atoms with Crippen LogP contribution >= 0.6 is 0 Å². The predicted molar refractivity (Wildman–Crippen MR) is 40.8 cm³/mol. The first kappa shape index (κ1) is 6.70. The van der Waals surface area contributed by atoms with Crippen LogP contribution in [0.3, 0.4) is 0 Å². The molecule has 0 radical (unpaired) electrons. The molecule has 4 heteroatoms. The minimum absolute atomic E-state index is 0.378. The Morgan fingerprint density at radius 2 is 1.91 bits per heavy atom. The summed E-state index contributed by atoms with van der Waals surface area (Å²) in [5.74, 6) is 0. The van der Waals surface area contributed by atoms with Crippen molar-refractivity contribution in [1.82, 2.24) is 0 Å². The van der Waals surface area contributed by atoms with Crippen LogP contribution in [0.4, 0.5) is 0 Å². The van der Waals surface area contributed by atoms with E-state index >= 15 is 0 Å². The van der Waals surface area contributed by atoms with Gasteiger partial charge in [-0.15, -0.1) is 0 Å². The van der Waals surface area contributed by atoms with Gasteiger partial charge in [0.1, 0.15) is 0 Å². The van der Waals surface area contributed by atoms with Crippen LogP contribution in [-0.4, -0.2) is 19.1 Å². The van der Waals surface area contributed by atoms with Crippen molar-refractivity contribution in [2.75, 3.05) is 0 Å². The molecule has 1 aliphatic rings. The molecule has 0 unspecified atom stereocenters. The van der Waals surface area contributed by atoms with Crippen molar-refractivity contribution in [1.29, 1.82) is 0 Å². The van der Waals surface area contributed by atoms with Crippen molar-refractivity contribution in [3.8, 4) is 0 Å². The maximum absolute atomic E-state index is 11.1. The maximum atomic E-state index is 11.1. The molecular weight excluding hydrogens is 209 g/mol. The van der Waals surface area contributed by atoms with Crippen LogP contribution < -0.4 is 4.46 Å². The molecule has 2 rings (SSSR count). The molecule has 0 amide bonds. The van der Waals surface area contributed by atoms with E-state index in [1.165, 1.54) is 6.21 Å². The second-order valence-corrected chi connectivity index (χ2v) is 5.61. The number of hydrogen-bond donors (Lipinski definition) is 0. The quantitative estimate of drug-likeness (QED) is 0.576. The molecule has 1 aromatic carbocycles. The van der Waals surface area contributed by atoms with E-state index in [2.05, 4.69) is 4.01 Å². The van der Waals surface area contributed by atoms with Crippen molar-refractivity contribution in [3.05, 3.63) is 29.8 Å². The summed E-state index contributed by atoms with van der Waals surface area (Å²) in [5, 5.41) is 0. The van der Waals surface area contributed by atoms with E-state index in [1.54, 1.807) is 24.3 Å². The molecule has 11 heavy (non-hydrogen) atoms. The Morgan fingerprint density at radius 1 is 1.18 bits per heavy atom. The zero-order chi connectivity index (χ0) is 7.90. The number of rotatable bonds is 0. The second kappa shape index (κ2) is 2.00. The monoisotopic (exact) mass is 215 g/mol. The molecule has 3 nitrogen and oxygen atoms in total. The van der Waals surface area contributed by atoms with Gasteiger partial charge in [-0.2, -0.15) is 0 Å². The van der Waals surface area contributed by atoms with Crippen LogP contribution in [0, 0.1) is 0 Å². The van der Waals surface area contributed by atoms with Gasteiger partial charge in [0.2, 0.25) is 0 Å². The van der Waals surface area contributed by atoms with Crippen LogP contribution in [0.25, 0.3) is 0 Å². The van der Waals surface area contributed by atoms with E-state index in [9.17, 15) is 7.67 Å². The van der Waals surface area contributed by atoms with Gasteiger partial charge in [0.05, 0.1) is 0 Å². The Bertz CT molecular complexity index is 420. The number of hydrogen-bond acceptors (Lipinski definition) is 2. The van der Waals surface area contributed by atoms with Crippen molar-refractivity contribution in [2.24, 2.45) is 4.01 Å². The number of benzene rings is 1. The molecule has 0 atom stereocenters. The molecule has 0 saturated heterocycles. The van der Waals surface area contributed by atoms with Crippen molar-refractivity contribution in [2.45, 2.75) is 0 Å². The Morgan fingerprint density at radius 3 is 2.64 bits per heavy atom. The topological polar surface area (TPSA) is 46.5 Å². The molecule has 0 saturated carbocycles. The summed E-state index contributed by atoms with van der Waals surface area (Å²) in [6.07, 6.45) is 1.40. The Hall–Kier alpha value is -0.991. The van der Waals surface area contributed by atoms with E-state index < -0.39 is 12.9 Å². The van der Waals surface area contributed by atoms with Gasteiger partial charge < -0.3 is 0 Å². The van der Waals surface area contributed by atoms with Crippen molar-refractivity contribution in [3.63, 3.8) is 0 Å². The van der Waals surface area contributed by atoms with E-state index in [-0.39, 0.29) is 0 Å².